The summed E-state index contributed by atoms with van der Waals surface area (Å²) in [5.41, 5.74) is 3.69. The van der Waals surface area contributed by atoms with Gasteiger partial charge in [0.2, 0.25) is 0 Å². The smallest absolute Gasteiger partial charge is 0.381 e. The maximum atomic E-state index is 13.4. The minimum Gasteiger partial charge on any atom is -0.381 e. The van der Waals surface area contributed by atoms with E-state index in [9.17, 15) is 18.0 Å². The van der Waals surface area contributed by atoms with Gasteiger partial charge in [0.05, 0.1) is 23.0 Å². The van der Waals surface area contributed by atoms with Gasteiger partial charge in [-0.25, -0.2) is 4.68 Å². The molecule has 2 aromatic rings. The van der Waals surface area contributed by atoms with E-state index in [4.69, 9.17) is 11.0 Å². The van der Waals surface area contributed by atoms with Crippen molar-refractivity contribution in [1.82, 2.24) is 9.78 Å². The van der Waals surface area contributed by atoms with E-state index in [1.54, 1.807) is 0 Å². The number of aromatic nitrogens is 2. The Morgan fingerprint density at radius 1 is 1.44 bits per heavy atom. The summed E-state index contributed by atoms with van der Waals surface area (Å²) in [7, 11) is 0. The molecule has 0 aliphatic heterocycles. The van der Waals surface area contributed by atoms with E-state index in [1.807, 2.05) is 6.07 Å². The van der Waals surface area contributed by atoms with Crippen LogP contribution in [0, 0.1) is 17.2 Å². The molecule has 1 heterocycles. The van der Waals surface area contributed by atoms with Crippen molar-refractivity contribution in [3.8, 4) is 11.8 Å². The van der Waals surface area contributed by atoms with Gasteiger partial charge in [-0.15, -0.1) is 0 Å². The van der Waals surface area contributed by atoms with E-state index in [-0.39, 0.29) is 22.9 Å². The molecule has 0 bridgehead atoms. The third-order valence-corrected chi connectivity index (χ3v) is 3.87. The van der Waals surface area contributed by atoms with Crippen molar-refractivity contribution in [3.63, 3.8) is 0 Å². The van der Waals surface area contributed by atoms with Crippen LogP contribution in [0.5, 0.6) is 0 Å². The summed E-state index contributed by atoms with van der Waals surface area (Å²) in [6.45, 7) is 0.313. The van der Waals surface area contributed by atoms with Crippen LogP contribution in [-0.2, 0) is 6.18 Å². The molecular formula is C16H14F3N5O. The van der Waals surface area contributed by atoms with Gasteiger partial charge in [0.25, 0.3) is 5.91 Å². The number of primary amides is 1. The molecule has 25 heavy (non-hydrogen) atoms. The topological polar surface area (TPSA) is 96.7 Å². The van der Waals surface area contributed by atoms with Gasteiger partial charge in [0.1, 0.15) is 0 Å². The molecule has 1 fully saturated rings. The van der Waals surface area contributed by atoms with Crippen molar-refractivity contribution < 1.29 is 18.0 Å². The number of rotatable bonds is 5. The number of carbonyl (C=O) groups is 1. The molecule has 0 saturated heterocycles. The monoisotopic (exact) mass is 349 g/mol. The van der Waals surface area contributed by atoms with Gasteiger partial charge in [-0.2, -0.15) is 23.5 Å². The molecule has 0 spiro atoms. The summed E-state index contributed by atoms with van der Waals surface area (Å²) in [4.78, 5) is 11.9. The summed E-state index contributed by atoms with van der Waals surface area (Å²) in [6, 6.07) is 7.66. The number of hydrogen-bond acceptors (Lipinski definition) is 4. The lowest BCUT2D eigenvalue weighted by atomic mass is 10.2. The van der Waals surface area contributed by atoms with Crippen LogP contribution in [0.3, 0.4) is 0 Å². The molecule has 6 nitrogen and oxygen atoms in total. The summed E-state index contributed by atoms with van der Waals surface area (Å²) in [5, 5.41) is 15.2. The Kier molecular flexibility index (Phi) is 4.12. The third-order valence-electron chi connectivity index (χ3n) is 3.87. The van der Waals surface area contributed by atoms with Crippen LogP contribution in [-0.4, -0.2) is 22.2 Å². The van der Waals surface area contributed by atoms with Crippen molar-refractivity contribution in [2.45, 2.75) is 19.0 Å². The summed E-state index contributed by atoms with van der Waals surface area (Å²) in [5.74, 6) is -0.754. The molecular weight excluding hydrogens is 335 g/mol. The van der Waals surface area contributed by atoms with Crippen LogP contribution in [0.1, 0.15) is 34.6 Å². The van der Waals surface area contributed by atoms with E-state index in [0.717, 1.165) is 17.5 Å². The number of carbonyl (C=O) groups excluding carboxylic acids is 1. The molecule has 9 heteroatoms. The van der Waals surface area contributed by atoms with Gasteiger partial charge in [-0.1, -0.05) is 6.07 Å². The zero-order valence-electron chi connectivity index (χ0n) is 13.0. The zero-order valence-corrected chi connectivity index (χ0v) is 13.0. The molecule has 1 aromatic heterocycles. The SMILES string of the molecule is N#Cc1cccc(-n2nc(C(F)(F)F)c(NCC3CC3)c2C(N)=O)c1. The van der Waals surface area contributed by atoms with E-state index >= 15 is 0 Å². The maximum Gasteiger partial charge on any atom is 0.437 e. The molecule has 0 unspecified atom stereocenters. The molecule has 1 aromatic carbocycles. The zero-order chi connectivity index (χ0) is 18.2. The van der Waals surface area contributed by atoms with Crippen molar-refractivity contribution in [3.05, 3.63) is 41.2 Å². The minimum absolute atomic E-state index is 0.151. The molecule has 1 aliphatic rings. The van der Waals surface area contributed by atoms with Crippen molar-refractivity contribution in [2.24, 2.45) is 11.7 Å². The minimum atomic E-state index is -4.76. The average molecular weight is 349 g/mol. The Morgan fingerprint density at radius 3 is 2.72 bits per heavy atom. The molecule has 0 radical (unpaired) electrons. The van der Waals surface area contributed by atoms with Gasteiger partial charge in [-0.05, 0) is 37.0 Å². The number of nitrogens with zero attached hydrogens (tertiary/aromatic N) is 3. The predicted molar refractivity (Wildman–Crippen MR) is 83.0 cm³/mol. The Labute approximate surface area is 141 Å². The fraction of sp³-hybridized carbons (Fsp3) is 0.312. The first-order valence-electron chi connectivity index (χ1n) is 7.55. The summed E-state index contributed by atoms with van der Waals surface area (Å²) < 4.78 is 41.0. The van der Waals surface area contributed by atoms with Gasteiger partial charge in [-0.3, -0.25) is 4.79 Å². The highest BCUT2D eigenvalue weighted by Gasteiger charge is 2.41. The number of amides is 1. The Bertz CT molecular complexity index is 862. The van der Waals surface area contributed by atoms with E-state index < -0.39 is 23.5 Å². The lowest BCUT2D eigenvalue weighted by Gasteiger charge is -2.10. The molecule has 1 aliphatic carbocycles. The van der Waals surface area contributed by atoms with Crippen molar-refractivity contribution in [1.29, 1.82) is 5.26 Å². The van der Waals surface area contributed by atoms with Gasteiger partial charge < -0.3 is 11.1 Å². The molecule has 3 N–H and O–H groups in total. The van der Waals surface area contributed by atoms with Crippen LogP contribution in [0.25, 0.3) is 5.69 Å². The standard InChI is InChI=1S/C16H14F3N5O/c17-16(18,19)14-12(22-8-9-4-5-9)13(15(21)25)24(23-14)11-3-1-2-10(6-11)7-20/h1-3,6,9,22H,4-5,8H2,(H2,21,25). The number of nitriles is 1. The highest BCUT2D eigenvalue weighted by Crippen LogP contribution is 2.38. The van der Waals surface area contributed by atoms with Gasteiger partial charge >= 0.3 is 6.18 Å². The number of benzene rings is 1. The fourth-order valence-electron chi connectivity index (χ4n) is 2.47. The van der Waals surface area contributed by atoms with Crippen LogP contribution in [0.2, 0.25) is 0 Å². The lowest BCUT2D eigenvalue weighted by Crippen LogP contribution is -2.19. The first-order chi connectivity index (χ1) is 11.8. The molecule has 1 saturated carbocycles. The second kappa shape index (κ2) is 6.12. The maximum absolute atomic E-state index is 13.4. The number of nitrogens with one attached hydrogen (secondary N) is 1. The largest absolute Gasteiger partial charge is 0.437 e. The summed E-state index contributed by atoms with van der Waals surface area (Å²) >= 11 is 0. The second-order valence-corrected chi connectivity index (χ2v) is 5.83. The Hall–Kier alpha value is -3.02. The predicted octanol–water partition coefficient (Wildman–Crippen LogP) is 2.68. The third kappa shape index (κ3) is 3.42. The van der Waals surface area contributed by atoms with Gasteiger partial charge in [0, 0.05) is 6.54 Å². The van der Waals surface area contributed by atoms with Crippen LogP contribution >= 0.6 is 0 Å². The lowest BCUT2D eigenvalue weighted by molar-refractivity contribution is -0.140. The normalized spacial score (nSPS) is 14.2. The fourth-order valence-corrected chi connectivity index (χ4v) is 2.47. The quantitative estimate of drug-likeness (QED) is 0.867. The van der Waals surface area contributed by atoms with Crippen LogP contribution < -0.4 is 11.1 Å². The molecule has 3 rings (SSSR count). The van der Waals surface area contributed by atoms with Gasteiger partial charge in [0.15, 0.2) is 11.4 Å². The number of halogens is 3. The highest BCUT2D eigenvalue weighted by atomic mass is 19.4. The first-order valence-corrected chi connectivity index (χ1v) is 7.55. The summed E-state index contributed by atoms with van der Waals surface area (Å²) in [6.07, 6.45) is -2.90. The number of nitrogens with two attached hydrogens (primary N) is 1. The molecule has 0 atom stereocenters. The van der Waals surface area contributed by atoms with E-state index in [0.29, 0.717) is 6.54 Å². The first kappa shape index (κ1) is 16.8. The molecule has 1 amide bonds. The van der Waals surface area contributed by atoms with Crippen LogP contribution in [0.4, 0.5) is 18.9 Å². The van der Waals surface area contributed by atoms with Crippen molar-refractivity contribution in [2.75, 3.05) is 11.9 Å². The number of alkyl halides is 3. The van der Waals surface area contributed by atoms with Crippen molar-refractivity contribution >= 4 is 11.6 Å². The Balaban J connectivity index is 2.16. The molecule has 130 valence electrons. The van der Waals surface area contributed by atoms with E-state index in [1.165, 1.54) is 24.3 Å². The average Bonchev–Trinajstić information content (AvgIpc) is 3.29. The number of anilines is 1. The van der Waals surface area contributed by atoms with Crippen LogP contribution in [0.15, 0.2) is 24.3 Å². The highest BCUT2D eigenvalue weighted by molar-refractivity contribution is 5.98. The Morgan fingerprint density at radius 2 is 2.16 bits per heavy atom. The second-order valence-electron chi connectivity index (χ2n) is 5.83. The number of hydrogen-bond donors (Lipinski definition) is 2. The van der Waals surface area contributed by atoms with E-state index in [2.05, 4.69) is 10.4 Å².